The molecule has 2 heterocycles. The van der Waals surface area contributed by atoms with Crippen LogP contribution < -0.4 is 5.32 Å². The van der Waals surface area contributed by atoms with Crippen LogP contribution in [0.2, 0.25) is 0 Å². The van der Waals surface area contributed by atoms with E-state index in [-0.39, 0.29) is 18.3 Å². The molecular weight excluding hydrogens is 414 g/mol. The highest BCUT2D eigenvalue weighted by molar-refractivity contribution is 7.90. The molecule has 0 atom stereocenters. The molecular formula is C19H21N3O5S2. The lowest BCUT2D eigenvalue weighted by molar-refractivity contribution is -0.116. The molecule has 2 aromatic heterocycles. The van der Waals surface area contributed by atoms with Crippen molar-refractivity contribution < 1.29 is 22.7 Å². The molecule has 0 aliphatic rings. The molecule has 1 amide bonds. The summed E-state index contributed by atoms with van der Waals surface area (Å²) in [6.45, 7) is 3.62. The van der Waals surface area contributed by atoms with Gasteiger partial charge < -0.3 is 14.6 Å². The summed E-state index contributed by atoms with van der Waals surface area (Å²) in [7, 11) is -3.64. The average molecular weight is 436 g/mol. The van der Waals surface area contributed by atoms with Crippen molar-refractivity contribution in [3.05, 3.63) is 40.8 Å². The van der Waals surface area contributed by atoms with Crippen molar-refractivity contribution in [1.82, 2.24) is 9.55 Å². The molecule has 0 fully saturated rings. The van der Waals surface area contributed by atoms with Crippen LogP contribution in [0.1, 0.15) is 29.1 Å². The number of hydrogen-bond donors (Lipinski definition) is 1. The van der Waals surface area contributed by atoms with Gasteiger partial charge in [0.2, 0.25) is 20.9 Å². The SMILES string of the molecule is CCOC(=O)c1cc(CC)sc1NC(=O)Cn1c(S(C)(=O)=O)nc2ccccc21. The Morgan fingerprint density at radius 3 is 2.62 bits per heavy atom. The molecule has 1 aromatic carbocycles. The zero-order valence-electron chi connectivity index (χ0n) is 16.3. The number of rotatable bonds is 7. The number of carbonyl (C=O) groups excluding carboxylic acids is 2. The fourth-order valence-corrected chi connectivity index (χ4v) is 4.70. The molecule has 0 unspecified atom stereocenters. The molecule has 8 nitrogen and oxygen atoms in total. The van der Waals surface area contributed by atoms with Crippen LogP contribution in [-0.4, -0.2) is 42.7 Å². The first-order valence-electron chi connectivity index (χ1n) is 8.99. The van der Waals surface area contributed by atoms with E-state index in [4.69, 9.17) is 4.74 Å². The normalized spacial score (nSPS) is 11.6. The van der Waals surface area contributed by atoms with E-state index in [0.29, 0.717) is 28.0 Å². The second-order valence-corrected chi connectivity index (χ2v) is 9.37. The number of thiophene rings is 1. The van der Waals surface area contributed by atoms with E-state index in [1.54, 1.807) is 37.3 Å². The van der Waals surface area contributed by atoms with Crippen LogP contribution in [0.4, 0.5) is 5.00 Å². The fourth-order valence-electron chi connectivity index (χ4n) is 2.87. The summed E-state index contributed by atoms with van der Waals surface area (Å²) in [5.74, 6) is -0.975. The summed E-state index contributed by atoms with van der Waals surface area (Å²) < 4.78 is 30.7. The van der Waals surface area contributed by atoms with Gasteiger partial charge in [-0.3, -0.25) is 4.79 Å². The predicted molar refractivity (Wildman–Crippen MR) is 111 cm³/mol. The highest BCUT2D eigenvalue weighted by atomic mass is 32.2. The Labute approximate surface area is 172 Å². The number of nitrogens with one attached hydrogen (secondary N) is 1. The van der Waals surface area contributed by atoms with Gasteiger partial charge in [-0.2, -0.15) is 0 Å². The predicted octanol–water partition coefficient (Wildman–Crippen LogP) is 2.88. The number of hydrogen-bond acceptors (Lipinski definition) is 7. The largest absolute Gasteiger partial charge is 0.462 e. The summed E-state index contributed by atoms with van der Waals surface area (Å²) in [6, 6.07) is 8.58. The van der Waals surface area contributed by atoms with E-state index in [9.17, 15) is 18.0 Å². The first kappa shape index (κ1) is 21.0. The summed E-state index contributed by atoms with van der Waals surface area (Å²) in [6.07, 6.45) is 1.76. The van der Waals surface area contributed by atoms with Crippen LogP contribution in [0.15, 0.2) is 35.5 Å². The number of sulfone groups is 1. The molecule has 1 N–H and O–H groups in total. The van der Waals surface area contributed by atoms with Crippen molar-refractivity contribution in [2.45, 2.75) is 32.0 Å². The number of benzene rings is 1. The van der Waals surface area contributed by atoms with Crippen molar-refractivity contribution in [3.8, 4) is 0 Å². The third-order valence-electron chi connectivity index (χ3n) is 4.13. The molecule has 3 rings (SSSR count). The third kappa shape index (κ3) is 4.48. The van der Waals surface area contributed by atoms with Gasteiger partial charge in [-0.05, 0) is 31.5 Å². The molecule has 0 bridgehead atoms. The lowest BCUT2D eigenvalue weighted by Gasteiger charge is -2.09. The maximum Gasteiger partial charge on any atom is 0.341 e. The zero-order chi connectivity index (χ0) is 21.2. The number of anilines is 1. The van der Waals surface area contributed by atoms with E-state index in [1.165, 1.54) is 15.9 Å². The monoisotopic (exact) mass is 435 g/mol. The number of nitrogens with zero attached hydrogens (tertiary/aromatic N) is 2. The van der Waals surface area contributed by atoms with Crippen molar-refractivity contribution in [3.63, 3.8) is 0 Å². The smallest absolute Gasteiger partial charge is 0.341 e. The molecule has 0 radical (unpaired) electrons. The molecule has 29 heavy (non-hydrogen) atoms. The maximum absolute atomic E-state index is 12.7. The van der Waals surface area contributed by atoms with E-state index in [2.05, 4.69) is 10.3 Å². The third-order valence-corrected chi connectivity index (χ3v) is 6.30. The zero-order valence-corrected chi connectivity index (χ0v) is 17.9. The Morgan fingerprint density at radius 2 is 1.97 bits per heavy atom. The second kappa shape index (κ2) is 8.34. The van der Waals surface area contributed by atoms with Crippen molar-refractivity contribution >= 4 is 49.1 Å². The van der Waals surface area contributed by atoms with E-state index in [0.717, 1.165) is 11.1 Å². The van der Waals surface area contributed by atoms with Crippen LogP contribution >= 0.6 is 11.3 Å². The number of amides is 1. The molecule has 154 valence electrons. The molecule has 10 heteroatoms. The lowest BCUT2D eigenvalue weighted by atomic mass is 10.2. The van der Waals surface area contributed by atoms with E-state index < -0.39 is 21.7 Å². The molecule has 0 saturated heterocycles. The summed E-state index contributed by atoms with van der Waals surface area (Å²) in [4.78, 5) is 30.0. The first-order chi connectivity index (χ1) is 13.7. The maximum atomic E-state index is 12.7. The van der Waals surface area contributed by atoms with Gasteiger partial charge in [0.15, 0.2) is 0 Å². The highest BCUT2D eigenvalue weighted by Crippen LogP contribution is 2.29. The van der Waals surface area contributed by atoms with Gasteiger partial charge in [0.1, 0.15) is 11.5 Å². The van der Waals surface area contributed by atoms with Crippen molar-refractivity contribution in [2.24, 2.45) is 0 Å². The Kier molecular flexibility index (Phi) is 6.04. The minimum Gasteiger partial charge on any atom is -0.462 e. The minimum absolute atomic E-state index is 0.181. The molecule has 0 aliphatic carbocycles. The van der Waals surface area contributed by atoms with Gasteiger partial charge in [-0.1, -0.05) is 19.1 Å². The molecule has 0 aliphatic heterocycles. The number of ether oxygens (including phenoxy) is 1. The fraction of sp³-hybridized carbons (Fsp3) is 0.316. The number of para-hydroxylation sites is 2. The van der Waals surface area contributed by atoms with E-state index in [1.807, 2.05) is 6.92 Å². The number of aryl methyl sites for hydroxylation is 1. The number of carbonyl (C=O) groups is 2. The van der Waals surface area contributed by atoms with Crippen LogP contribution in [0.3, 0.4) is 0 Å². The summed E-state index contributed by atoms with van der Waals surface area (Å²) in [5, 5.41) is 2.93. The number of fused-ring (bicyclic) bond motifs is 1. The topological polar surface area (TPSA) is 107 Å². The lowest BCUT2D eigenvalue weighted by Crippen LogP contribution is -2.22. The van der Waals surface area contributed by atoms with Gasteiger partial charge >= 0.3 is 5.97 Å². The number of aromatic nitrogens is 2. The Bertz CT molecular complexity index is 1180. The van der Waals surface area contributed by atoms with Crippen LogP contribution in [-0.2, 0) is 32.3 Å². The highest BCUT2D eigenvalue weighted by Gasteiger charge is 2.23. The van der Waals surface area contributed by atoms with Gasteiger partial charge in [-0.25, -0.2) is 18.2 Å². The Hall–Kier alpha value is -2.72. The number of esters is 1. The van der Waals surface area contributed by atoms with Crippen LogP contribution in [0.5, 0.6) is 0 Å². The van der Waals surface area contributed by atoms with Crippen molar-refractivity contribution in [2.75, 3.05) is 18.2 Å². The standard InChI is InChI=1S/C19H21N3O5S2/c1-4-12-10-13(18(24)27-5-2)17(28-12)21-16(23)11-22-15-9-7-6-8-14(15)20-19(22)29(3,25)26/h6-10H,4-5,11H2,1-3H3,(H,21,23). The Morgan fingerprint density at radius 1 is 1.24 bits per heavy atom. The quantitative estimate of drug-likeness (QED) is 0.572. The van der Waals surface area contributed by atoms with Gasteiger partial charge in [-0.15, -0.1) is 11.3 Å². The average Bonchev–Trinajstić information content (AvgIpc) is 3.23. The summed E-state index contributed by atoms with van der Waals surface area (Å²) >= 11 is 1.29. The van der Waals surface area contributed by atoms with Gasteiger partial charge in [0.05, 0.1) is 23.2 Å². The van der Waals surface area contributed by atoms with Gasteiger partial charge in [0.25, 0.3) is 0 Å². The first-order valence-corrected chi connectivity index (χ1v) is 11.7. The molecule has 0 spiro atoms. The summed E-state index contributed by atoms with van der Waals surface area (Å²) in [5.41, 5.74) is 1.31. The second-order valence-electron chi connectivity index (χ2n) is 6.32. The Balaban J connectivity index is 1.93. The molecule has 3 aromatic rings. The molecule has 0 saturated carbocycles. The number of imidazole rings is 1. The van der Waals surface area contributed by atoms with Crippen LogP contribution in [0, 0.1) is 0 Å². The van der Waals surface area contributed by atoms with Crippen molar-refractivity contribution in [1.29, 1.82) is 0 Å². The minimum atomic E-state index is -3.64. The van der Waals surface area contributed by atoms with E-state index >= 15 is 0 Å². The van der Waals surface area contributed by atoms with Gasteiger partial charge in [0, 0.05) is 11.1 Å². The van der Waals surface area contributed by atoms with Crippen LogP contribution in [0.25, 0.3) is 11.0 Å².